The lowest BCUT2D eigenvalue weighted by Gasteiger charge is -2.06. The van der Waals surface area contributed by atoms with Gasteiger partial charge in [0.05, 0.1) is 16.9 Å². The Labute approximate surface area is 107 Å². The summed E-state index contributed by atoms with van der Waals surface area (Å²) in [4.78, 5) is 12.2. The third-order valence-corrected chi connectivity index (χ3v) is 2.93. The number of benzene rings is 1. The normalized spacial score (nSPS) is 10.9. The number of halogens is 2. The van der Waals surface area contributed by atoms with Crippen molar-refractivity contribution in [2.24, 2.45) is 0 Å². The summed E-state index contributed by atoms with van der Waals surface area (Å²) in [5.41, 5.74) is 2.23. The van der Waals surface area contributed by atoms with Crippen molar-refractivity contribution in [3.05, 3.63) is 47.1 Å². The lowest BCUT2D eigenvalue weighted by Crippen LogP contribution is -1.93. The molecular formula is C11H6Cl2N4. The van der Waals surface area contributed by atoms with Gasteiger partial charge in [-0.1, -0.05) is 23.2 Å². The van der Waals surface area contributed by atoms with Gasteiger partial charge in [0.2, 0.25) is 0 Å². The zero-order valence-electron chi connectivity index (χ0n) is 8.51. The van der Waals surface area contributed by atoms with Gasteiger partial charge in [0, 0.05) is 5.02 Å². The first-order valence-corrected chi connectivity index (χ1v) is 5.60. The summed E-state index contributed by atoms with van der Waals surface area (Å²) in [7, 11) is 0. The standard InChI is InChI=1S/C11H6Cl2N4/c12-7-1-2-9(8(13)3-7)17-6-16-11-10(17)4-14-5-15-11/h1-6H. The van der Waals surface area contributed by atoms with E-state index in [1.165, 1.54) is 6.33 Å². The minimum atomic E-state index is 0.556. The zero-order chi connectivity index (χ0) is 11.8. The fourth-order valence-electron chi connectivity index (χ4n) is 1.63. The van der Waals surface area contributed by atoms with E-state index in [2.05, 4.69) is 15.0 Å². The van der Waals surface area contributed by atoms with Crippen molar-refractivity contribution in [2.45, 2.75) is 0 Å². The van der Waals surface area contributed by atoms with Gasteiger partial charge in [-0.3, -0.25) is 4.57 Å². The van der Waals surface area contributed by atoms with Crippen LogP contribution in [0.4, 0.5) is 0 Å². The first-order valence-electron chi connectivity index (χ1n) is 4.84. The molecule has 4 nitrogen and oxygen atoms in total. The summed E-state index contributed by atoms with van der Waals surface area (Å²) in [6, 6.07) is 5.30. The highest BCUT2D eigenvalue weighted by Crippen LogP contribution is 2.26. The molecule has 0 aliphatic carbocycles. The van der Waals surface area contributed by atoms with Gasteiger partial charge >= 0.3 is 0 Å². The summed E-state index contributed by atoms with van der Waals surface area (Å²) >= 11 is 12.0. The maximum atomic E-state index is 6.15. The molecule has 2 heterocycles. The quantitative estimate of drug-likeness (QED) is 0.679. The Hall–Kier alpha value is -1.65. The smallest absolute Gasteiger partial charge is 0.181 e. The van der Waals surface area contributed by atoms with E-state index >= 15 is 0 Å². The lowest BCUT2D eigenvalue weighted by atomic mass is 10.3. The predicted octanol–water partition coefficient (Wildman–Crippen LogP) is 3.12. The second-order valence-electron chi connectivity index (χ2n) is 3.44. The van der Waals surface area contributed by atoms with Crippen LogP contribution in [0.2, 0.25) is 10.0 Å². The van der Waals surface area contributed by atoms with Crippen LogP contribution in [-0.4, -0.2) is 19.5 Å². The first kappa shape index (κ1) is 10.5. The van der Waals surface area contributed by atoms with E-state index in [1.807, 2.05) is 10.6 Å². The Morgan fingerprint density at radius 3 is 2.82 bits per heavy atom. The molecule has 1 aromatic carbocycles. The Morgan fingerprint density at radius 1 is 1.12 bits per heavy atom. The third kappa shape index (κ3) is 1.75. The fourth-order valence-corrected chi connectivity index (χ4v) is 2.13. The highest BCUT2D eigenvalue weighted by molar-refractivity contribution is 6.35. The maximum Gasteiger partial charge on any atom is 0.181 e. The van der Waals surface area contributed by atoms with Crippen molar-refractivity contribution < 1.29 is 0 Å². The summed E-state index contributed by atoms with van der Waals surface area (Å²) in [5.74, 6) is 0. The molecule has 84 valence electrons. The highest BCUT2D eigenvalue weighted by Gasteiger charge is 2.08. The van der Waals surface area contributed by atoms with Crippen LogP contribution in [0.25, 0.3) is 16.9 Å². The molecule has 0 radical (unpaired) electrons. The summed E-state index contributed by atoms with van der Waals surface area (Å²) in [6.45, 7) is 0. The molecule has 0 N–H and O–H groups in total. The van der Waals surface area contributed by atoms with E-state index in [1.54, 1.807) is 24.7 Å². The van der Waals surface area contributed by atoms with Crippen molar-refractivity contribution in [3.63, 3.8) is 0 Å². The fraction of sp³-hybridized carbons (Fsp3) is 0. The number of hydrogen-bond acceptors (Lipinski definition) is 3. The molecule has 0 saturated carbocycles. The van der Waals surface area contributed by atoms with Gasteiger partial charge in [-0.15, -0.1) is 0 Å². The minimum absolute atomic E-state index is 0.556. The van der Waals surface area contributed by atoms with Crippen molar-refractivity contribution in [3.8, 4) is 5.69 Å². The molecule has 3 rings (SSSR count). The van der Waals surface area contributed by atoms with E-state index < -0.39 is 0 Å². The molecule has 0 aliphatic rings. The van der Waals surface area contributed by atoms with Gasteiger partial charge in [-0.25, -0.2) is 15.0 Å². The van der Waals surface area contributed by atoms with Crippen LogP contribution < -0.4 is 0 Å². The predicted molar refractivity (Wildman–Crippen MR) is 66.7 cm³/mol. The molecule has 0 saturated heterocycles. The van der Waals surface area contributed by atoms with E-state index in [-0.39, 0.29) is 0 Å². The van der Waals surface area contributed by atoms with Crippen molar-refractivity contribution in [2.75, 3.05) is 0 Å². The number of fused-ring (bicyclic) bond motifs is 1. The van der Waals surface area contributed by atoms with Crippen LogP contribution in [0.15, 0.2) is 37.1 Å². The van der Waals surface area contributed by atoms with Gasteiger partial charge in [0.25, 0.3) is 0 Å². The van der Waals surface area contributed by atoms with E-state index in [0.29, 0.717) is 15.7 Å². The summed E-state index contributed by atoms with van der Waals surface area (Å²) < 4.78 is 1.83. The SMILES string of the molecule is Clc1ccc(-n2cnc3ncncc32)c(Cl)c1. The van der Waals surface area contributed by atoms with E-state index in [4.69, 9.17) is 23.2 Å². The van der Waals surface area contributed by atoms with Gasteiger partial charge in [-0.05, 0) is 18.2 Å². The maximum absolute atomic E-state index is 6.15. The molecule has 0 atom stereocenters. The number of aromatic nitrogens is 4. The molecule has 0 aliphatic heterocycles. The average Bonchev–Trinajstić information content (AvgIpc) is 2.73. The summed E-state index contributed by atoms with van der Waals surface area (Å²) in [5, 5.41) is 1.15. The monoisotopic (exact) mass is 264 g/mol. The topological polar surface area (TPSA) is 43.6 Å². The largest absolute Gasteiger partial charge is 0.294 e. The van der Waals surface area contributed by atoms with Gasteiger partial charge in [0.1, 0.15) is 18.2 Å². The molecular weight excluding hydrogens is 259 g/mol. The second-order valence-corrected chi connectivity index (χ2v) is 4.29. The molecule has 0 amide bonds. The number of rotatable bonds is 1. The zero-order valence-corrected chi connectivity index (χ0v) is 10.0. The van der Waals surface area contributed by atoms with Crippen LogP contribution >= 0.6 is 23.2 Å². The van der Waals surface area contributed by atoms with Crippen LogP contribution in [0.1, 0.15) is 0 Å². The van der Waals surface area contributed by atoms with Crippen molar-refractivity contribution in [1.82, 2.24) is 19.5 Å². The Balaban J connectivity index is 2.27. The van der Waals surface area contributed by atoms with Crippen LogP contribution in [-0.2, 0) is 0 Å². The highest BCUT2D eigenvalue weighted by atomic mass is 35.5. The average molecular weight is 265 g/mol. The molecule has 6 heteroatoms. The third-order valence-electron chi connectivity index (χ3n) is 2.40. The lowest BCUT2D eigenvalue weighted by molar-refractivity contribution is 1.09. The molecule has 17 heavy (non-hydrogen) atoms. The van der Waals surface area contributed by atoms with Crippen LogP contribution in [0.5, 0.6) is 0 Å². The number of imidazole rings is 1. The van der Waals surface area contributed by atoms with Crippen LogP contribution in [0.3, 0.4) is 0 Å². The Kier molecular flexibility index (Phi) is 2.46. The number of hydrogen-bond donors (Lipinski definition) is 0. The molecule has 3 aromatic rings. The second kappa shape index (κ2) is 3.98. The van der Waals surface area contributed by atoms with Gasteiger partial charge in [0.15, 0.2) is 5.65 Å². The Morgan fingerprint density at radius 2 is 2.00 bits per heavy atom. The van der Waals surface area contributed by atoms with Gasteiger partial charge in [-0.2, -0.15) is 0 Å². The molecule has 0 unspecified atom stereocenters. The van der Waals surface area contributed by atoms with Crippen molar-refractivity contribution >= 4 is 34.4 Å². The molecule has 0 spiro atoms. The van der Waals surface area contributed by atoms with Crippen molar-refractivity contribution in [1.29, 1.82) is 0 Å². The molecule has 0 fully saturated rings. The van der Waals surface area contributed by atoms with Crippen LogP contribution in [0, 0.1) is 0 Å². The first-order chi connectivity index (χ1) is 8.25. The van der Waals surface area contributed by atoms with E-state index in [9.17, 15) is 0 Å². The number of nitrogens with zero attached hydrogens (tertiary/aromatic N) is 4. The molecule has 0 bridgehead atoms. The minimum Gasteiger partial charge on any atom is -0.294 e. The Bertz CT molecular complexity index is 693. The van der Waals surface area contributed by atoms with E-state index in [0.717, 1.165) is 11.2 Å². The van der Waals surface area contributed by atoms with Gasteiger partial charge < -0.3 is 0 Å². The molecule has 2 aromatic heterocycles. The summed E-state index contributed by atoms with van der Waals surface area (Å²) in [6.07, 6.45) is 4.82.